The molecule has 0 spiro atoms. The van der Waals surface area contributed by atoms with Crippen LogP contribution in [0.1, 0.15) is 6.42 Å². The van der Waals surface area contributed by atoms with Crippen molar-refractivity contribution >= 4 is 12.0 Å². The van der Waals surface area contributed by atoms with Crippen LogP contribution >= 0.6 is 0 Å². The number of urea groups is 1. The highest BCUT2D eigenvalue weighted by Gasteiger charge is 2.24. The van der Waals surface area contributed by atoms with Gasteiger partial charge >= 0.3 is 12.0 Å². The third-order valence-electron chi connectivity index (χ3n) is 3.02. The number of carbonyl (C=O) groups excluding carboxylic acids is 1. The molecule has 1 aliphatic heterocycles. The number of aliphatic carboxylic acids is 1. The van der Waals surface area contributed by atoms with E-state index in [9.17, 15) is 18.4 Å². The number of carbonyl (C=O) groups is 2. The highest BCUT2D eigenvalue weighted by Crippen LogP contribution is 2.07. The molecule has 1 N–H and O–H groups in total. The molecular formula is C11H19F2N3O3. The molecule has 0 unspecified atom stereocenters. The second kappa shape index (κ2) is 7.22. The number of halogens is 2. The smallest absolute Gasteiger partial charge is 0.320 e. The van der Waals surface area contributed by atoms with Crippen LogP contribution in [0, 0.1) is 0 Å². The number of nitrogens with zero attached hydrogens (tertiary/aromatic N) is 3. The van der Waals surface area contributed by atoms with Crippen LogP contribution in [-0.2, 0) is 4.79 Å². The second-order valence-electron chi connectivity index (χ2n) is 4.53. The predicted molar refractivity (Wildman–Crippen MR) is 64.3 cm³/mol. The molecule has 0 bridgehead atoms. The van der Waals surface area contributed by atoms with Crippen molar-refractivity contribution in [3.8, 4) is 0 Å². The van der Waals surface area contributed by atoms with E-state index < -0.39 is 25.0 Å². The Morgan fingerprint density at radius 1 is 1.26 bits per heavy atom. The monoisotopic (exact) mass is 279 g/mol. The normalized spacial score (nSPS) is 16.7. The molecule has 1 rings (SSSR count). The number of hydrogen-bond acceptors (Lipinski definition) is 3. The molecule has 0 atom stereocenters. The molecule has 6 nitrogen and oxygen atoms in total. The predicted octanol–water partition coefficient (Wildman–Crippen LogP) is 0.396. The van der Waals surface area contributed by atoms with Gasteiger partial charge in [0, 0.05) is 39.8 Å². The Morgan fingerprint density at radius 2 is 1.84 bits per heavy atom. The molecule has 1 aliphatic rings. The van der Waals surface area contributed by atoms with Gasteiger partial charge in [-0.05, 0) is 0 Å². The average molecular weight is 279 g/mol. The largest absolute Gasteiger partial charge is 0.481 e. The summed E-state index contributed by atoms with van der Waals surface area (Å²) in [4.78, 5) is 26.7. The Balaban J connectivity index is 2.32. The SMILES string of the molecule is CN(CC(F)F)C(=O)N1CCN(CCC(=O)O)CC1. The number of carboxylic acids is 1. The Morgan fingerprint density at radius 3 is 2.32 bits per heavy atom. The summed E-state index contributed by atoms with van der Waals surface area (Å²) in [6.45, 7) is 1.89. The van der Waals surface area contributed by atoms with Gasteiger partial charge < -0.3 is 14.9 Å². The van der Waals surface area contributed by atoms with Crippen molar-refractivity contribution in [1.82, 2.24) is 14.7 Å². The van der Waals surface area contributed by atoms with Gasteiger partial charge in [-0.1, -0.05) is 0 Å². The second-order valence-corrected chi connectivity index (χ2v) is 4.53. The van der Waals surface area contributed by atoms with E-state index in [1.165, 1.54) is 11.9 Å². The Labute approximate surface area is 110 Å². The van der Waals surface area contributed by atoms with E-state index >= 15 is 0 Å². The van der Waals surface area contributed by atoms with Crippen molar-refractivity contribution in [3.05, 3.63) is 0 Å². The maximum atomic E-state index is 12.2. The van der Waals surface area contributed by atoms with Crippen LogP contribution in [0.4, 0.5) is 13.6 Å². The molecule has 1 heterocycles. The van der Waals surface area contributed by atoms with E-state index in [1.54, 1.807) is 0 Å². The first-order valence-electron chi connectivity index (χ1n) is 6.12. The van der Waals surface area contributed by atoms with Crippen molar-refractivity contribution in [2.75, 3.05) is 46.3 Å². The first-order chi connectivity index (χ1) is 8.90. The van der Waals surface area contributed by atoms with Gasteiger partial charge in [-0.2, -0.15) is 0 Å². The molecule has 8 heteroatoms. The fourth-order valence-corrected chi connectivity index (χ4v) is 1.94. The molecule has 0 saturated carbocycles. The maximum absolute atomic E-state index is 12.2. The molecule has 2 amide bonds. The van der Waals surface area contributed by atoms with E-state index in [4.69, 9.17) is 5.11 Å². The summed E-state index contributed by atoms with van der Waals surface area (Å²) in [6.07, 6.45) is -2.47. The molecule has 0 aromatic rings. The maximum Gasteiger partial charge on any atom is 0.320 e. The zero-order chi connectivity index (χ0) is 14.4. The third-order valence-corrected chi connectivity index (χ3v) is 3.02. The third kappa shape index (κ3) is 5.37. The van der Waals surface area contributed by atoms with Gasteiger partial charge in [0.1, 0.15) is 0 Å². The zero-order valence-corrected chi connectivity index (χ0v) is 10.9. The summed E-state index contributed by atoms with van der Waals surface area (Å²) in [5.41, 5.74) is 0. The van der Waals surface area contributed by atoms with E-state index in [2.05, 4.69) is 0 Å². The first-order valence-corrected chi connectivity index (χ1v) is 6.12. The number of amides is 2. The summed E-state index contributed by atoms with van der Waals surface area (Å²) >= 11 is 0. The fourth-order valence-electron chi connectivity index (χ4n) is 1.94. The van der Waals surface area contributed by atoms with Crippen LogP contribution < -0.4 is 0 Å². The summed E-state index contributed by atoms with van der Waals surface area (Å²) in [5, 5.41) is 8.57. The number of rotatable bonds is 5. The summed E-state index contributed by atoms with van der Waals surface area (Å²) in [6, 6.07) is -0.404. The molecule has 1 fully saturated rings. The van der Waals surface area contributed by atoms with E-state index in [0.717, 1.165) is 4.90 Å². The van der Waals surface area contributed by atoms with Crippen LogP contribution in [-0.4, -0.2) is 84.5 Å². The molecule has 0 radical (unpaired) electrons. The number of carboxylic acid groups (broad SMARTS) is 1. The van der Waals surface area contributed by atoms with Crippen molar-refractivity contribution in [1.29, 1.82) is 0 Å². The Kier molecular flexibility index (Phi) is 5.94. The topological polar surface area (TPSA) is 64.1 Å². The van der Waals surface area contributed by atoms with Crippen molar-refractivity contribution in [2.45, 2.75) is 12.8 Å². The number of piperazine rings is 1. The van der Waals surface area contributed by atoms with Crippen LogP contribution in [0.15, 0.2) is 0 Å². The highest BCUT2D eigenvalue weighted by molar-refractivity contribution is 5.74. The average Bonchev–Trinajstić information content (AvgIpc) is 2.35. The minimum Gasteiger partial charge on any atom is -0.481 e. The van der Waals surface area contributed by atoms with Gasteiger partial charge in [-0.25, -0.2) is 13.6 Å². The molecule has 0 aromatic carbocycles. The Bertz CT molecular complexity index is 320. The molecule has 0 aromatic heterocycles. The van der Waals surface area contributed by atoms with Gasteiger partial charge in [-0.3, -0.25) is 9.69 Å². The zero-order valence-electron chi connectivity index (χ0n) is 10.9. The quantitative estimate of drug-likeness (QED) is 0.791. The van der Waals surface area contributed by atoms with Crippen molar-refractivity contribution in [3.63, 3.8) is 0 Å². The Hall–Kier alpha value is -1.44. The van der Waals surface area contributed by atoms with Crippen molar-refractivity contribution in [2.24, 2.45) is 0 Å². The van der Waals surface area contributed by atoms with Crippen LogP contribution in [0.5, 0.6) is 0 Å². The lowest BCUT2D eigenvalue weighted by Gasteiger charge is -2.36. The molecule has 0 aliphatic carbocycles. The van der Waals surface area contributed by atoms with E-state index in [-0.39, 0.29) is 6.42 Å². The molecule has 110 valence electrons. The number of alkyl halides is 2. The lowest BCUT2D eigenvalue weighted by Crippen LogP contribution is -2.52. The standard InChI is InChI=1S/C11H19F2N3O3/c1-14(8-9(12)13)11(19)16-6-4-15(5-7-16)3-2-10(17)18/h9H,2-8H2,1H3,(H,17,18). The van der Waals surface area contributed by atoms with Gasteiger partial charge in [0.2, 0.25) is 0 Å². The van der Waals surface area contributed by atoms with Gasteiger partial charge in [0.15, 0.2) is 0 Å². The van der Waals surface area contributed by atoms with Crippen molar-refractivity contribution < 1.29 is 23.5 Å². The van der Waals surface area contributed by atoms with Gasteiger partial charge in [-0.15, -0.1) is 0 Å². The summed E-state index contributed by atoms with van der Waals surface area (Å²) in [7, 11) is 1.35. The lowest BCUT2D eigenvalue weighted by atomic mass is 10.3. The van der Waals surface area contributed by atoms with Crippen LogP contribution in [0.25, 0.3) is 0 Å². The van der Waals surface area contributed by atoms with Crippen LogP contribution in [0.2, 0.25) is 0 Å². The molecular weight excluding hydrogens is 260 g/mol. The fraction of sp³-hybridized carbons (Fsp3) is 0.818. The van der Waals surface area contributed by atoms with E-state index in [0.29, 0.717) is 32.7 Å². The lowest BCUT2D eigenvalue weighted by molar-refractivity contribution is -0.137. The summed E-state index contributed by atoms with van der Waals surface area (Å²) in [5.74, 6) is -0.852. The number of hydrogen-bond donors (Lipinski definition) is 1. The highest BCUT2D eigenvalue weighted by atomic mass is 19.3. The molecule has 1 saturated heterocycles. The first kappa shape index (κ1) is 15.6. The molecule has 19 heavy (non-hydrogen) atoms. The van der Waals surface area contributed by atoms with Gasteiger partial charge in [0.05, 0.1) is 13.0 Å². The van der Waals surface area contributed by atoms with E-state index in [1.807, 2.05) is 4.90 Å². The summed E-state index contributed by atoms with van der Waals surface area (Å²) < 4.78 is 24.3. The minimum absolute atomic E-state index is 0.0687. The van der Waals surface area contributed by atoms with Crippen LogP contribution in [0.3, 0.4) is 0 Å². The minimum atomic E-state index is -2.54. The van der Waals surface area contributed by atoms with Gasteiger partial charge in [0.25, 0.3) is 6.43 Å².